The van der Waals surface area contributed by atoms with Crippen LogP contribution in [0.1, 0.15) is 19.3 Å². The van der Waals surface area contributed by atoms with Gasteiger partial charge in [0, 0.05) is 13.0 Å². The molecule has 2 aliphatic carbocycles. The van der Waals surface area contributed by atoms with Gasteiger partial charge in [0.15, 0.2) is 0 Å². The fraction of sp³-hybridized carbons (Fsp3) is 1.00. The smallest absolute Gasteiger partial charge is 0.146 e. The normalized spacial score (nSPS) is 37.1. The summed E-state index contributed by atoms with van der Waals surface area (Å²) in [7, 11) is 1.65. The van der Waals surface area contributed by atoms with Crippen LogP contribution in [-0.4, -0.2) is 44.9 Å². The zero-order valence-corrected chi connectivity index (χ0v) is 9.93. The van der Waals surface area contributed by atoms with Crippen LogP contribution in [0, 0.1) is 17.8 Å². The van der Waals surface area contributed by atoms with Crippen molar-refractivity contribution in [3.8, 4) is 0 Å². The summed E-state index contributed by atoms with van der Waals surface area (Å²) in [4.78, 5) is 0. The van der Waals surface area contributed by atoms with Crippen LogP contribution in [0.15, 0.2) is 0 Å². The van der Waals surface area contributed by atoms with Gasteiger partial charge in [0.25, 0.3) is 0 Å². The van der Waals surface area contributed by atoms with Crippen molar-refractivity contribution in [1.82, 2.24) is 0 Å². The molecule has 1 N–H and O–H groups in total. The minimum Gasteiger partial charge on any atom is -0.392 e. The van der Waals surface area contributed by atoms with Crippen LogP contribution in [0.4, 0.5) is 0 Å². The van der Waals surface area contributed by atoms with Crippen LogP contribution in [0.5, 0.6) is 0 Å². The van der Waals surface area contributed by atoms with Crippen molar-refractivity contribution < 1.29 is 19.3 Å². The highest BCUT2D eigenvalue weighted by Crippen LogP contribution is 2.48. The van der Waals surface area contributed by atoms with Crippen LogP contribution >= 0.6 is 0 Å². The van der Waals surface area contributed by atoms with Gasteiger partial charge in [-0.05, 0) is 31.1 Å². The van der Waals surface area contributed by atoms with Gasteiger partial charge in [-0.15, -0.1) is 0 Å². The second-order valence-corrected chi connectivity index (χ2v) is 4.88. The van der Waals surface area contributed by atoms with E-state index in [1.165, 1.54) is 19.3 Å². The van der Waals surface area contributed by atoms with E-state index in [0.717, 1.165) is 0 Å². The Hall–Kier alpha value is -0.160. The second kappa shape index (κ2) is 5.96. The Morgan fingerprint density at radius 1 is 1.12 bits per heavy atom. The molecule has 0 aromatic carbocycles. The van der Waals surface area contributed by atoms with E-state index < -0.39 is 0 Å². The van der Waals surface area contributed by atoms with E-state index in [2.05, 4.69) is 0 Å². The molecule has 16 heavy (non-hydrogen) atoms. The summed E-state index contributed by atoms with van der Waals surface area (Å²) >= 11 is 0. The first-order valence-corrected chi connectivity index (χ1v) is 6.15. The van der Waals surface area contributed by atoms with Crippen molar-refractivity contribution >= 4 is 0 Å². The van der Waals surface area contributed by atoms with E-state index in [1.54, 1.807) is 7.11 Å². The first kappa shape index (κ1) is 12.3. The Labute approximate surface area is 96.9 Å². The summed E-state index contributed by atoms with van der Waals surface area (Å²) in [5.41, 5.74) is 0. The molecule has 4 nitrogen and oxygen atoms in total. The number of aliphatic hydroxyl groups excluding tert-OH is 1. The van der Waals surface area contributed by atoms with Gasteiger partial charge in [-0.3, -0.25) is 0 Å². The van der Waals surface area contributed by atoms with Crippen molar-refractivity contribution in [2.45, 2.75) is 25.4 Å². The zero-order valence-electron chi connectivity index (χ0n) is 9.93. The van der Waals surface area contributed by atoms with Crippen LogP contribution < -0.4 is 0 Å². The standard InChI is InChI=1S/C12H22O4/c1-14-4-5-15-8-16-7-11-9-2-3-10(6-9)12(11)13/h9-13H,2-8H2,1H3/t9-,10+,11-,12+/m0/s1. The molecule has 2 rings (SSSR count). The molecule has 0 aromatic rings. The molecule has 0 aliphatic heterocycles. The van der Waals surface area contributed by atoms with Gasteiger partial charge in [-0.25, -0.2) is 0 Å². The van der Waals surface area contributed by atoms with Crippen molar-refractivity contribution in [3.05, 3.63) is 0 Å². The third-order valence-electron chi connectivity index (χ3n) is 3.95. The number of fused-ring (bicyclic) bond motifs is 2. The SMILES string of the molecule is COCCOCOC[C@H]1[C@H]2CC[C@H](C2)[C@H]1O. The third kappa shape index (κ3) is 2.74. The minimum absolute atomic E-state index is 0.141. The Bertz CT molecular complexity index is 207. The molecule has 4 heteroatoms. The van der Waals surface area contributed by atoms with E-state index in [-0.39, 0.29) is 6.10 Å². The molecule has 0 heterocycles. The maximum Gasteiger partial charge on any atom is 0.146 e. The van der Waals surface area contributed by atoms with E-state index in [9.17, 15) is 5.11 Å². The molecule has 2 aliphatic rings. The lowest BCUT2D eigenvalue weighted by molar-refractivity contribution is -0.0924. The largest absolute Gasteiger partial charge is 0.392 e. The lowest BCUT2D eigenvalue weighted by Gasteiger charge is -2.26. The Morgan fingerprint density at radius 2 is 1.94 bits per heavy atom. The summed E-state index contributed by atoms with van der Waals surface area (Å²) in [6.07, 6.45) is 3.52. The molecule has 2 bridgehead atoms. The van der Waals surface area contributed by atoms with E-state index >= 15 is 0 Å². The highest BCUT2D eigenvalue weighted by molar-refractivity contribution is 4.96. The van der Waals surface area contributed by atoms with Crippen LogP contribution in [0.25, 0.3) is 0 Å². The summed E-state index contributed by atoms with van der Waals surface area (Å²) in [5, 5.41) is 9.98. The highest BCUT2D eigenvalue weighted by atomic mass is 16.7. The fourth-order valence-corrected chi connectivity index (χ4v) is 3.06. The average molecular weight is 230 g/mol. The van der Waals surface area contributed by atoms with Crippen molar-refractivity contribution in [2.75, 3.05) is 33.7 Å². The van der Waals surface area contributed by atoms with E-state index in [4.69, 9.17) is 14.2 Å². The molecule has 0 amide bonds. The molecular weight excluding hydrogens is 208 g/mol. The van der Waals surface area contributed by atoms with Crippen molar-refractivity contribution in [3.63, 3.8) is 0 Å². The number of aliphatic hydroxyl groups is 1. The van der Waals surface area contributed by atoms with Crippen LogP contribution in [-0.2, 0) is 14.2 Å². The number of hydrogen-bond acceptors (Lipinski definition) is 4. The predicted octanol–water partition coefficient (Wildman–Crippen LogP) is 1.03. The van der Waals surface area contributed by atoms with Crippen molar-refractivity contribution in [1.29, 1.82) is 0 Å². The molecule has 0 radical (unpaired) electrons. The van der Waals surface area contributed by atoms with Gasteiger partial charge >= 0.3 is 0 Å². The molecule has 0 spiro atoms. The van der Waals surface area contributed by atoms with Gasteiger partial charge in [0.1, 0.15) is 6.79 Å². The van der Waals surface area contributed by atoms with Gasteiger partial charge in [-0.1, -0.05) is 0 Å². The molecule has 0 aromatic heterocycles. The maximum absolute atomic E-state index is 9.98. The first-order chi connectivity index (χ1) is 7.83. The molecule has 4 atom stereocenters. The van der Waals surface area contributed by atoms with Crippen LogP contribution in [0.2, 0.25) is 0 Å². The van der Waals surface area contributed by atoms with Gasteiger partial charge in [0.2, 0.25) is 0 Å². The monoisotopic (exact) mass is 230 g/mol. The number of methoxy groups -OCH3 is 1. The van der Waals surface area contributed by atoms with E-state index in [0.29, 0.717) is 44.4 Å². The molecule has 2 saturated carbocycles. The Balaban J connectivity index is 1.56. The molecular formula is C12H22O4. The Kier molecular flexibility index (Phi) is 4.58. The highest BCUT2D eigenvalue weighted by Gasteiger charge is 2.46. The first-order valence-electron chi connectivity index (χ1n) is 6.15. The van der Waals surface area contributed by atoms with Gasteiger partial charge < -0.3 is 19.3 Å². The minimum atomic E-state index is -0.141. The summed E-state index contributed by atoms with van der Waals surface area (Å²) < 4.78 is 15.5. The third-order valence-corrected chi connectivity index (χ3v) is 3.95. The van der Waals surface area contributed by atoms with Gasteiger partial charge in [0.05, 0.1) is 25.9 Å². The second-order valence-electron chi connectivity index (χ2n) is 4.88. The topological polar surface area (TPSA) is 47.9 Å². The average Bonchev–Trinajstić information content (AvgIpc) is 2.86. The quantitative estimate of drug-likeness (QED) is 0.524. The lowest BCUT2D eigenvalue weighted by Crippen LogP contribution is -2.31. The van der Waals surface area contributed by atoms with Crippen molar-refractivity contribution in [2.24, 2.45) is 17.8 Å². The molecule has 0 unspecified atom stereocenters. The number of rotatable bonds is 7. The summed E-state index contributed by atoms with van der Waals surface area (Å²) in [5.74, 6) is 1.55. The number of ether oxygens (including phenoxy) is 3. The van der Waals surface area contributed by atoms with Crippen LogP contribution in [0.3, 0.4) is 0 Å². The zero-order chi connectivity index (χ0) is 11.4. The fourth-order valence-electron chi connectivity index (χ4n) is 3.06. The molecule has 0 saturated heterocycles. The summed E-state index contributed by atoms with van der Waals surface area (Å²) in [6.45, 7) is 2.11. The lowest BCUT2D eigenvalue weighted by atomic mass is 9.87. The molecule has 2 fully saturated rings. The maximum atomic E-state index is 9.98. The summed E-state index contributed by atoms with van der Waals surface area (Å²) in [6, 6.07) is 0. The number of hydrogen-bond donors (Lipinski definition) is 1. The Morgan fingerprint density at radius 3 is 2.62 bits per heavy atom. The predicted molar refractivity (Wildman–Crippen MR) is 59.0 cm³/mol. The molecule has 94 valence electrons. The van der Waals surface area contributed by atoms with E-state index in [1.807, 2.05) is 0 Å². The van der Waals surface area contributed by atoms with Gasteiger partial charge in [-0.2, -0.15) is 0 Å².